The summed E-state index contributed by atoms with van der Waals surface area (Å²) in [6.07, 6.45) is 1.35. The molecule has 0 spiro atoms. The van der Waals surface area contributed by atoms with Crippen LogP contribution in [0, 0.1) is 0 Å². The standard InChI is InChI=1S/C7H11NO2/c1-2-4-8-5-3-6(9)7(8)10/h2-5H2,1H3. The first-order valence-corrected chi connectivity index (χ1v) is 3.57. The van der Waals surface area contributed by atoms with Crippen molar-refractivity contribution in [2.24, 2.45) is 0 Å². The van der Waals surface area contributed by atoms with Gasteiger partial charge in [-0.25, -0.2) is 0 Å². The van der Waals surface area contributed by atoms with Crippen LogP contribution in [0.5, 0.6) is 0 Å². The Morgan fingerprint density at radius 3 is 2.60 bits per heavy atom. The lowest BCUT2D eigenvalue weighted by Gasteiger charge is -2.11. The molecule has 1 saturated heterocycles. The number of carbonyl (C=O) groups excluding carboxylic acids is 2. The average molecular weight is 141 g/mol. The summed E-state index contributed by atoms with van der Waals surface area (Å²) < 4.78 is 0. The van der Waals surface area contributed by atoms with Crippen molar-refractivity contribution in [2.45, 2.75) is 19.8 Å². The Morgan fingerprint density at radius 2 is 2.20 bits per heavy atom. The summed E-state index contributed by atoms with van der Waals surface area (Å²) in [5.41, 5.74) is 0. The Balaban J connectivity index is 2.49. The highest BCUT2D eigenvalue weighted by molar-refractivity contribution is 6.37. The van der Waals surface area contributed by atoms with Crippen molar-refractivity contribution in [2.75, 3.05) is 13.1 Å². The number of hydrogen-bond acceptors (Lipinski definition) is 2. The fraction of sp³-hybridized carbons (Fsp3) is 0.714. The molecule has 56 valence electrons. The third-order valence-electron chi connectivity index (χ3n) is 1.63. The Kier molecular flexibility index (Phi) is 2.04. The third-order valence-corrected chi connectivity index (χ3v) is 1.63. The monoisotopic (exact) mass is 141 g/mol. The van der Waals surface area contributed by atoms with Gasteiger partial charge in [-0.3, -0.25) is 9.59 Å². The van der Waals surface area contributed by atoms with Crippen LogP contribution in [-0.2, 0) is 9.59 Å². The summed E-state index contributed by atoms with van der Waals surface area (Å²) >= 11 is 0. The van der Waals surface area contributed by atoms with Gasteiger partial charge in [0.25, 0.3) is 5.91 Å². The van der Waals surface area contributed by atoms with Gasteiger partial charge in [0.05, 0.1) is 0 Å². The smallest absolute Gasteiger partial charge is 0.290 e. The van der Waals surface area contributed by atoms with Crippen LogP contribution in [0.25, 0.3) is 0 Å². The van der Waals surface area contributed by atoms with Crippen molar-refractivity contribution in [3.8, 4) is 0 Å². The van der Waals surface area contributed by atoms with Gasteiger partial charge in [-0.1, -0.05) is 6.92 Å². The predicted octanol–water partition coefficient (Wildman–Crippen LogP) is 0.198. The number of nitrogens with zero attached hydrogens (tertiary/aromatic N) is 1. The van der Waals surface area contributed by atoms with Gasteiger partial charge in [-0.2, -0.15) is 0 Å². The largest absolute Gasteiger partial charge is 0.336 e. The molecule has 0 atom stereocenters. The van der Waals surface area contributed by atoms with Gasteiger partial charge in [0, 0.05) is 19.5 Å². The van der Waals surface area contributed by atoms with Crippen molar-refractivity contribution in [1.82, 2.24) is 4.90 Å². The Labute approximate surface area is 60.0 Å². The molecule has 1 rings (SSSR count). The maximum absolute atomic E-state index is 10.9. The number of likely N-dealkylation sites (tertiary alicyclic amines) is 1. The molecule has 10 heavy (non-hydrogen) atoms. The molecule has 1 amide bonds. The molecule has 3 nitrogen and oxygen atoms in total. The van der Waals surface area contributed by atoms with E-state index in [2.05, 4.69) is 0 Å². The Morgan fingerprint density at radius 1 is 1.50 bits per heavy atom. The van der Waals surface area contributed by atoms with Crippen molar-refractivity contribution in [3.63, 3.8) is 0 Å². The predicted molar refractivity (Wildman–Crippen MR) is 36.5 cm³/mol. The fourth-order valence-electron chi connectivity index (χ4n) is 1.10. The highest BCUT2D eigenvalue weighted by Crippen LogP contribution is 2.05. The number of rotatable bonds is 2. The van der Waals surface area contributed by atoms with Crippen molar-refractivity contribution in [3.05, 3.63) is 0 Å². The zero-order chi connectivity index (χ0) is 7.56. The molecule has 0 aromatic rings. The lowest BCUT2D eigenvalue weighted by atomic mass is 10.3. The van der Waals surface area contributed by atoms with Crippen LogP contribution in [0.3, 0.4) is 0 Å². The number of Topliss-reactive ketones (excluding diaryl/α,β-unsaturated/α-hetero) is 1. The molecule has 1 heterocycles. The van der Waals surface area contributed by atoms with Gasteiger partial charge in [-0.05, 0) is 6.42 Å². The molecule has 0 radical (unpaired) electrons. The molecule has 0 aliphatic carbocycles. The number of hydrogen-bond donors (Lipinski definition) is 0. The second kappa shape index (κ2) is 2.82. The Bertz CT molecular complexity index is 165. The molecule has 1 aliphatic heterocycles. The van der Waals surface area contributed by atoms with Crippen LogP contribution in [0.15, 0.2) is 0 Å². The molecule has 0 bridgehead atoms. The molecule has 0 saturated carbocycles. The highest BCUT2D eigenvalue weighted by atomic mass is 16.2. The van der Waals surface area contributed by atoms with Gasteiger partial charge in [0.2, 0.25) is 5.78 Å². The quantitative estimate of drug-likeness (QED) is 0.515. The zero-order valence-electron chi connectivity index (χ0n) is 6.09. The number of amides is 1. The van der Waals surface area contributed by atoms with Crippen molar-refractivity contribution in [1.29, 1.82) is 0 Å². The summed E-state index contributed by atoms with van der Waals surface area (Å²) in [7, 11) is 0. The van der Waals surface area contributed by atoms with E-state index in [1.165, 1.54) is 0 Å². The first-order chi connectivity index (χ1) is 4.75. The summed E-state index contributed by atoms with van der Waals surface area (Å²) in [6, 6.07) is 0. The second-order valence-corrected chi connectivity index (χ2v) is 2.47. The van der Waals surface area contributed by atoms with Gasteiger partial charge in [0.15, 0.2) is 0 Å². The van der Waals surface area contributed by atoms with E-state index >= 15 is 0 Å². The molecular formula is C7H11NO2. The van der Waals surface area contributed by atoms with E-state index in [1.807, 2.05) is 6.92 Å². The minimum atomic E-state index is -0.290. The maximum atomic E-state index is 10.9. The lowest BCUT2D eigenvalue weighted by molar-refractivity contribution is -0.139. The highest BCUT2D eigenvalue weighted by Gasteiger charge is 2.27. The normalized spacial score (nSPS) is 18.7. The minimum absolute atomic E-state index is 0.228. The third kappa shape index (κ3) is 1.17. The zero-order valence-corrected chi connectivity index (χ0v) is 6.09. The molecule has 0 aromatic heterocycles. The maximum Gasteiger partial charge on any atom is 0.290 e. The molecule has 0 aromatic carbocycles. The topological polar surface area (TPSA) is 37.4 Å². The number of ketones is 1. The molecule has 1 fully saturated rings. The lowest BCUT2D eigenvalue weighted by Crippen LogP contribution is -2.27. The van der Waals surface area contributed by atoms with Gasteiger partial charge < -0.3 is 4.90 Å². The van der Waals surface area contributed by atoms with E-state index in [9.17, 15) is 9.59 Å². The van der Waals surface area contributed by atoms with E-state index in [0.29, 0.717) is 13.0 Å². The van der Waals surface area contributed by atoms with Crippen LogP contribution in [-0.4, -0.2) is 29.7 Å². The molecule has 0 unspecified atom stereocenters. The Hall–Kier alpha value is -0.860. The SMILES string of the molecule is CCCN1CCC(=O)C1=O. The molecule has 0 N–H and O–H groups in total. The first-order valence-electron chi connectivity index (χ1n) is 3.57. The molecular weight excluding hydrogens is 130 g/mol. The summed E-state index contributed by atoms with van der Waals surface area (Å²) in [4.78, 5) is 23.2. The second-order valence-electron chi connectivity index (χ2n) is 2.47. The molecule has 1 aliphatic rings. The van der Waals surface area contributed by atoms with E-state index < -0.39 is 0 Å². The average Bonchev–Trinajstić information content (AvgIpc) is 2.20. The van der Waals surface area contributed by atoms with E-state index in [-0.39, 0.29) is 11.7 Å². The van der Waals surface area contributed by atoms with Gasteiger partial charge in [0.1, 0.15) is 0 Å². The van der Waals surface area contributed by atoms with Gasteiger partial charge >= 0.3 is 0 Å². The molecule has 3 heteroatoms. The van der Waals surface area contributed by atoms with Crippen LogP contribution >= 0.6 is 0 Å². The van der Waals surface area contributed by atoms with Crippen LogP contribution in [0.2, 0.25) is 0 Å². The van der Waals surface area contributed by atoms with E-state index in [4.69, 9.17) is 0 Å². The van der Waals surface area contributed by atoms with Gasteiger partial charge in [-0.15, -0.1) is 0 Å². The summed E-state index contributed by atoms with van der Waals surface area (Å²) in [6.45, 7) is 3.35. The van der Waals surface area contributed by atoms with E-state index in [0.717, 1.165) is 13.0 Å². The van der Waals surface area contributed by atoms with Crippen molar-refractivity contribution >= 4 is 11.7 Å². The number of carbonyl (C=O) groups is 2. The summed E-state index contributed by atoms with van der Waals surface area (Å²) in [5, 5.41) is 0. The summed E-state index contributed by atoms with van der Waals surface area (Å²) in [5.74, 6) is -0.518. The van der Waals surface area contributed by atoms with Crippen LogP contribution < -0.4 is 0 Å². The first kappa shape index (κ1) is 7.25. The minimum Gasteiger partial charge on any atom is -0.336 e. The van der Waals surface area contributed by atoms with E-state index in [1.54, 1.807) is 4.90 Å². The van der Waals surface area contributed by atoms with Crippen molar-refractivity contribution < 1.29 is 9.59 Å². The van der Waals surface area contributed by atoms with Crippen LogP contribution in [0.1, 0.15) is 19.8 Å². The fourth-order valence-corrected chi connectivity index (χ4v) is 1.10. The van der Waals surface area contributed by atoms with Crippen LogP contribution in [0.4, 0.5) is 0 Å².